The van der Waals surface area contributed by atoms with Gasteiger partial charge in [-0.05, 0) is 31.7 Å². The average Bonchev–Trinajstić information content (AvgIpc) is 2.53. The summed E-state index contributed by atoms with van der Waals surface area (Å²) in [6.45, 7) is 1.98. The van der Waals surface area contributed by atoms with Crippen LogP contribution >= 0.6 is 0 Å². The Morgan fingerprint density at radius 2 is 1.87 bits per heavy atom. The molecule has 0 fully saturated rings. The van der Waals surface area contributed by atoms with Crippen LogP contribution in [0.4, 0.5) is 0 Å². The van der Waals surface area contributed by atoms with Gasteiger partial charge >= 0.3 is 5.97 Å². The topological polar surface area (TPSA) is 98.5 Å². The summed E-state index contributed by atoms with van der Waals surface area (Å²) in [5.41, 5.74) is 6.49. The van der Waals surface area contributed by atoms with Gasteiger partial charge in [0.05, 0.1) is 13.0 Å². The number of carbonyl (C=O) groups is 3. The zero-order chi connectivity index (χ0) is 17.1. The predicted octanol–water partition coefficient (Wildman–Crippen LogP) is 1.32. The summed E-state index contributed by atoms with van der Waals surface area (Å²) in [5.74, 6) is -1.37. The van der Waals surface area contributed by atoms with Gasteiger partial charge in [-0.3, -0.25) is 14.4 Å². The Morgan fingerprint density at radius 3 is 2.48 bits per heavy atom. The Hall–Kier alpha value is -2.37. The molecule has 0 bridgehead atoms. The van der Waals surface area contributed by atoms with E-state index >= 15 is 0 Å². The van der Waals surface area contributed by atoms with Gasteiger partial charge in [0, 0.05) is 6.42 Å². The number of nitrogens with two attached hydrogens (primary N) is 1. The summed E-state index contributed by atoms with van der Waals surface area (Å²) >= 11 is 0. The van der Waals surface area contributed by atoms with Crippen molar-refractivity contribution in [2.24, 2.45) is 5.73 Å². The standard InChI is InChI=1S/C17H24N2O4/c1-2-23-16(21)12-11-15(20)19-14(17(18)22)10-6-9-13-7-4-3-5-8-13/h3-5,7-8,14H,2,6,9-12H2,1H3,(H2,18,22)(H,19,20)/t14-/m0/s1. The largest absolute Gasteiger partial charge is 0.466 e. The Morgan fingerprint density at radius 1 is 1.17 bits per heavy atom. The molecule has 0 aliphatic carbocycles. The lowest BCUT2D eigenvalue weighted by Crippen LogP contribution is -2.44. The molecule has 0 saturated carbocycles. The Kier molecular flexibility index (Phi) is 8.42. The number of nitrogens with one attached hydrogen (secondary N) is 1. The maximum atomic E-state index is 11.8. The second-order valence-electron chi connectivity index (χ2n) is 5.21. The molecule has 0 radical (unpaired) electrons. The highest BCUT2D eigenvalue weighted by atomic mass is 16.5. The van der Waals surface area contributed by atoms with Crippen molar-refractivity contribution in [3.63, 3.8) is 0 Å². The van der Waals surface area contributed by atoms with E-state index in [1.54, 1.807) is 6.92 Å². The average molecular weight is 320 g/mol. The molecule has 1 atom stereocenters. The lowest BCUT2D eigenvalue weighted by molar-refractivity contribution is -0.144. The van der Waals surface area contributed by atoms with Gasteiger partial charge in [-0.15, -0.1) is 0 Å². The van der Waals surface area contributed by atoms with Gasteiger partial charge < -0.3 is 15.8 Å². The summed E-state index contributed by atoms with van der Waals surface area (Å²) in [6.07, 6.45) is 1.99. The molecular formula is C17H24N2O4. The highest BCUT2D eigenvalue weighted by Gasteiger charge is 2.18. The number of ether oxygens (including phenoxy) is 1. The third kappa shape index (κ3) is 7.99. The van der Waals surface area contributed by atoms with Crippen LogP contribution in [0.3, 0.4) is 0 Å². The molecule has 23 heavy (non-hydrogen) atoms. The highest BCUT2D eigenvalue weighted by Crippen LogP contribution is 2.07. The smallest absolute Gasteiger partial charge is 0.306 e. The number of aryl methyl sites for hydroxylation is 1. The third-order valence-corrected chi connectivity index (χ3v) is 3.34. The summed E-state index contributed by atoms with van der Waals surface area (Å²) in [6, 6.07) is 9.16. The van der Waals surface area contributed by atoms with Crippen molar-refractivity contribution in [1.82, 2.24) is 5.32 Å². The van der Waals surface area contributed by atoms with E-state index < -0.39 is 17.9 Å². The maximum Gasteiger partial charge on any atom is 0.306 e. The van der Waals surface area contributed by atoms with Crippen LogP contribution in [0.15, 0.2) is 30.3 Å². The van der Waals surface area contributed by atoms with Crippen molar-refractivity contribution < 1.29 is 19.1 Å². The molecule has 0 heterocycles. The van der Waals surface area contributed by atoms with Gasteiger partial charge in [0.25, 0.3) is 0 Å². The Balaban J connectivity index is 2.35. The van der Waals surface area contributed by atoms with Crippen molar-refractivity contribution in [1.29, 1.82) is 0 Å². The molecule has 2 amide bonds. The van der Waals surface area contributed by atoms with Gasteiger partial charge in [0.1, 0.15) is 6.04 Å². The summed E-state index contributed by atoms with van der Waals surface area (Å²) < 4.78 is 4.75. The van der Waals surface area contributed by atoms with Crippen molar-refractivity contribution in [2.45, 2.75) is 45.1 Å². The summed E-state index contributed by atoms with van der Waals surface area (Å²) in [7, 11) is 0. The number of hydrogen-bond acceptors (Lipinski definition) is 4. The summed E-state index contributed by atoms with van der Waals surface area (Å²) in [4.78, 5) is 34.4. The molecule has 0 unspecified atom stereocenters. The molecule has 0 saturated heterocycles. The minimum absolute atomic E-state index is 0.00479. The second kappa shape index (κ2) is 10.4. The number of rotatable bonds is 10. The second-order valence-corrected chi connectivity index (χ2v) is 5.21. The van der Waals surface area contributed by atoms with Crippen LogP contribution in [0.1, 0.15) is 38.2 Å². The van der Waals surface area contributed by atoms with Gasteiger partial charge in [0.15, 0.2) is 0 Å². The molecule has 0 aliphatic heterocycles. The third-order valence-electron chi connectivity index (χ3n) is 3.34. The van der Waals surface area contributed by atoms with Crippen LogP contribution in [0.2, 0.25) is 0 Å². The monoisotopic (exact) mass is 320 g/mol. The van der Waals surface area contributed by atoms with Crippen LogP contribution in [0.25, 0.3) is 0 Å². The number of esters is 1. The van der Waals surface area contributed by atoms with E-state index in [-0.39, 0.29) is 25.4 Å². The molecule has 0 spiro atoms. The Labute approximate surface area is 136 Å². The SMILES string of the molecule is CCOC(=O)CCC(=O)N[C@@H](CCCc1ccccc1)C(N)=O. The molecule has 1 rings (SSSR count). The van der Waals surface area contributed by atoms with E-state index in [0.29, 0.717) is 6.42 Å². The number of benzene rings is 1. The first-order chi connectivity index (χ1) is 11.0. The van der Waals surface area contributed by atoms with Crippen molar-refractivity contribution >= 4 is 17.8 Å². The molecule has 6 heteroatoms. The van der Waals surface area contributed by atoms with Gasteiger partial charge in [-0.1, -0.05) is 30.3 Å². The fraction of sp³-hybridized carbons (Fsp3) is 0.471. The highest BCUT2D eigenvalue weighted by molar-refractivity contribution is 5.87. The van der Waals surface area contributed by atoms with Crippen LogP contribution in [0.5, 0.6) is 0 Å². The lowest BCUT2D eigenvalue weighted by Gasteiger charge is -2.15. The number of amides is 2. The maximum absolute atomic E-state index is 11.8. The van der Waals surface area contributed by atoms with E-state index in [9.17, 15) is 14.4 Å². The fourth-order valence-corrected chi connectivity index (χ4v) is 2.16. The minimum Gasteiger partial charge on any atom is -0.466 e. The number of carbonyl (C=O) groups excluding carboxylic acids is 3. The molecule has 1 aromatic carbocycles. The molecule has 1 aromatic rings. The van der Waals surface area contributed by atoms with Crippen molar-refractivity contribution in [2.75, 3.05) is 6.61 Å². The fourth-order valence-electron chi connectivity index (χ4n) is 2.16. The van der Waals surface area contributed by atoms with Crippen LogP contribution < -0.4 is 11.1 Å². The molecule has 3 N–H and O–H groups in total. The zero-order valence-corrected chi connectivity index (χ0v) is 13.4. The number of hydrogen-bond donors (Lipinski definition) is 2. The molecule has 0 aliphatic rings. The first kappa shape index (κ1) is 18.7. The van der Waals surface area contributed by atoms with E-state index in [0.717, 1.165) is 12.8 Å². The minimum atomic E-state index is -0.714. The van der Waals surface area contributed by atoms with Crippen LogP contribution in [-0.2, 0) is 25.5 Å². The van der Waals surface area contributed by atoms with Crippen LogP contribution in [-0.4, -0.2) is 30.4 Å². The molecule has 0 aromatic heterocycles. The van der Waals surface area contributed by atoms with Gasteiger partial charge in [-0.2, -0.15) is 0 Å². The normalized spacial score (nSPS) is 11.5. The van der Waals surface area contributed by atoms with Crippen molar-refractivity contribution in [3.05, 3.63) is 35.9 Å². The van der Waals surface area contributed by atoms with Gasteiger partial charge in [0.2, 0.25) is 11.8 Å². The first-order valence-corrected chi connectivity index (χ1v) is 7.81. The molecular weight excluding hydrogens is 296 g/mol. The Bertz CT molecular complexity index is 517. The number of primary amides is 1. The van der Waals surface area contributed by atoms with E-state index in [2.05, 4.69) is 5.32 Å². The molecule has 126 valence electrons. The van der Waals surface area contributed by atoms with E-state index in [4.69, 9.17) is 10.5 Å². The zero-order valence-electron chi connectivity index (χ0n) is 13.4. The van der Waals surface area contributed by atoms with E-state index in [1.807, 2.05) is 30.3 Å². The van der Waals surface area contributed by atoms with Gasteiger partial charge in [-0.25, -0.2) is 0 Å². The van der Waals surface area contributed by atoms with E-state index in [1.165, 1.54) is 5.56 Å². The van der Waals surface area contributed by atoms with Crippen LogP contribution in [0, 0.1) is 0 Å². The first-order valence-electron chi connectivity index (χ1n) is 7.81. The quantitative estimate of drug-likeness (QED) is 0.635. The lowest BCUT2D eigenvalue weighted by atomic mass is 10.0. The van der Waals surface area contributed by atoms with Crippen molar-refractivity contribution in [3.8, 4) is 0 Å². The predicted molar refractivity (Wildman–Crippen MR) is 86.4 cm³/mol. The molecule has 6 nitrogen and oxygen atoms in total. The summed E-state index contributed by atoms with van der Waals surface area (Å²) in [5, 5.41) is 2.58.